The molecule has 0 aliphatic heterocycles. The zero-order valence-corrected chi connectivity index (χ0v) is 5.91. The molecule has 13 heavy (non-hydrogen) atoms. The van der Waals surface area contributed by atoms with Crippen LogP contribution in [0, 0.1) is 0 Å². The fraction of sp³-hybridized carbons (Fsp3) is 0.800. The highest BCUT2D eigenvalue weighted by Crippen LogP contribution is 2.40. The molecular formula is C5H4F6O2. The van der Waals surface area contributed by atoms with Gasteiger partial charge < -0.3 is 5.11 Å². The molecule has 1 atom stereocenters. The van der Waals surface area contributed by atoms with Gasteiger partial charge in [0.1, 0.15) is 0 Å². The van der Waals surface area contributed by atoms with Gasteiger partial charge in [-0.25, -0.2) is 4.39 Å². The third-order valence-corrected chi connectivity index (χ3v) is 1.13. The van der Waals surface area contributed by atoms with Crippen molar-refractivity contribution < 1.29 is 36.2 Å². The third kappa shape index (κ3) is 2.78. The molecule has 0 heterocycles. The van der Waals surface area contributed by atoms with Crippen LogP contribution in [-0.2, 0) is 4.79 Å². The van der Waals surface area contributed by atoms with Crippen LogP contribution in [0.4, 0.5) is 26.3 Å². The minimum absolute atomic E-state index is 1.88. The summed E-state index contributed by atoms with van der Waals surface area (Å²) in [7, 11) is 0. The molecule has 1 N–H and O–H groups in total. The average molecular weight is 210 g/mol. The minimum Gasteiger partial charge on any atom is -0.481 e. The highest BCUT2D eigenvalue weighted by Gasteiger charge is 2.63. The van der Waals surface area contributed by atoms with Crippen molar-refractivity contribution in [2.45, 2.75) is 24.7 Å². The van der Waals surface area contributed by atoms with E-state index in [9.17, 15) is 31.1 Å². The van der Waals surface area contributed by atoms with E-state index in [2.05, 4.69) is 0 Å². The zero-order valence-electron chi connectivity index (χ0n) is 5.91. The van der Waals surface area contributed by atoms with Crippen LogP contribution in [0.1, 0.15) is 6.42 Å². The molecule has 1 unspecified atom stereocenters. The van der Waals surface area contributed by atoms with Crippen molar-refractivity contribution in [2.24, 2.45) is 0 Å². The largest absolute Gasteiger partial charge is 0.481 e. The van der Waals surface area contributed by atoms with Crippen molar-refractivity contribution in [3.63, 3.8) is 0 Å². The summed E-state index contributed by atoms with van der Waals surface area (Å²) in [5, 5.41) is 7.77. The Kier molecular flexibility index (Phi) is 3.18. The van der Waals surface area contributed by atoms with Gasteiger partial charge >= 0.3 is 18.1 Å². The molecule has 0 aromatic carbocycles. The van der Waals surface area contributed by atoms with Gasteiger partial charge in [0, 0.05) is 0 Å². The van der Waals surface area contributed by atoms with Crippen LogP contribution < -0.4 is 0 Å². The molecule has 2 nitrogen and oxygen atoms in total. The van der Waals surface area contributed by atoms with Crippen LogP contribution in [0.15, 0.2) is 0 Å². The monoisotopic (exact) mass is 210 g/mol. The second-order valence-electron chi connectivity index (χ2n) is 2.19. The molecule has 0 fully saturated rings. The normalized spacial score (nSPS) is 15.5. The molecule has 0 saturated heterocycles. The first-order valence-corrected chi connectivity index (χ1v) is 2.89. The van der Waals surface area contributed by atoms with Gasteiger partial charge in [0.2, 0.25) is 0 Å². The minimum atomic E-state index is -6.07. The second-order valence-corrected chi connectivity index (χ2v) is 2.19. The van der Waals surface area contributed by atoms with Crippen molar-refractivity contribution >= 4 is 5.97 Å². The SMILES string of the molecule is O=C(O)CC(F)C(F)(F)C(F)(F)F. The first-order valence-electron chi connectivity index (χ1n) is 2.89. The van der Waals surface area contributed by atoms with E-state index in [0.29, 0.717) is 0 Å². The molecule has 0 aliphatic rings. The fourth-order valence-corrected chi connectivity index (χ4v) is 0.459. The molecule has 0 saturated carbocycles. The molecule has 0 bridgehead atoms. The first kappa shape index (κ1) is 12.0. The molecule has 0 aliphatic carbocycles. The van der Waals surface area contributed by atoms with Crippen molar-refractivity contribution in [2.75, 3.05) is 0 Å². The smallest absolute Gasteiger partial charge is 0.456 e. The van der Waals surface area contributed by atoms with Crippen molar-refractivity contribution in [1.82, 2.24) is 0 Å². The lowest BCUT2D eigenvalue weighted by Crippen LogP contribution is -2.45. The number of hydrogen-bond acceptors (Lipinski definition) is 1. The third-order valence-electron chi connectivity index (χ3n) is 1.13. The molecule has 78 valence electrons. The Hall–Kier alpha value is -0.950. The van der Waals surface area contributed by atoms with E-state index in [-0.39, 0.29) is 0 Å². The van der Waals surface area contributed by atoms with Crippen LogP contribution >= 0.6 is 0 Å². The molecule has 0 radical (unpaired) electrons. The summed E-state index contributed by atoms with van der Waals surface area (Å²) in [5.74, 6) is -7.68. The Labute approximate surface area is 68.1 Å². The number of hydrogen-bond donors (Lipinski definition) is 1. The van der Waals surface area contributed by atoms with Crippen LogP contribution in [0.5, 0.6) is 0 Å². The maximum Gasteiger partial charge on any atom is 0.456 e. The topological polar surface area (TPSA) is 37.3 Å². The highest BCUT2D eigenvalue weighted by atomic mass is 19.4. The summed E-state index contributed by atoms with van der Waals surface area (Å²) < 4.78 is 70.0. The van der Waals surface area contributed by atoms with E-state index < -0.39 is 30.7 Å². The lowest BCUT2D eigenvalue weighted by atomic mass is 10.1. The van der Waals surface area contributed by atoms with E-state index in [4.69, 9.17) is 5.11 Å². The number of alkyl halides is 6. The lowest BCUT2D eigenvalue weighted by Gasteiger charge is -2.21. The van der Waals surface area contributed by atoms with Crippen molar-refractivity contribution in [3.8, 4) is 0 Å². The Bertz CT molecular complexity index is 198. The predicted octanol–water partition coefficient (Wildman–Crippen LogP) is 2.00. The Balaban J connectivity index is 4.54. The summed E-state index contributed by atoms with van der Waals surface area (Å²) >= 11 is 0. The molecule has 0 aromatic rings. The first-order chi connectivity index (χ1) is 5.59. The number of carboxylic acid groups (broad SMARTS) is 1. The maximum atomic E-state index is 12.1. The van der Waals surface area contributed by atoms with Gasteiger partial charge in [-0.05, 0) is 0 Å². The number of rotatable bonds is 3. The molecule has 0 amide bonds. The number of aliphatic carboxylic acids is 1. The van der Waals surface area contributed by atoms with Crippen LogP contribution in [0.2, 0.25) is 0 Å². The van der Waals surface area contributed by atoms with Crippen molar-refractivity contribution in [3.05, 3.63) is 0 Å². The zero-order chi connectivity index (χ0) is 10.9. The summed E-state index contributed by atoms with van der Waals surface area (Å²) in [4.78, 5) is 9.64. The molecule has 0 rings (SSSR count). The quantitative estimate of drug-likeness (QED) is 0.723. The van der Waals surface area contributed by atoms with E-state index >= 15 is 0 Å². The van der Waals surface area contributed by atoms with Crippen molar-refractivity contribution in [1.29, 1.82) is 0 Å². The van der Waals surface area contributed by atoms with Gasteiger partial charge in [-0.3, -0.25) is 4.79 Å². The van der Waals surface area contributed by atoms with E-state index in [1.54, 1.807) is 0 Å². The molecule has 8 heteroatoms. The predicted molar refractivity (Wildman–Crippen MR) is 28.2 cm³/mol. The highest BCUT2D eigenvalue weighted by molar-refractivity contribution is 5.67. The lowest BCUT2D eigenvalue weighted by molar-refractivity contribution is -0.303. The second kappa shape index (κ2) is 3.43. The van der Waals surface area contributed by atoms with Crippen LogP contribution in [0.3, 0.4) is 0 Å². The summed E-state index contributed by atoms with van der Waals surface area (Å²) in [6, 6.07) is 0. The van der Waals surface area contributed by atoms with Gasteiger partial charge in [0.05, 0.1) is 6.42 Å². The van der Waals surface area contributed by atoms with Gasteiger partial charge in [-0.1, -0.05) is 0 Å². The van der Waals surface area contributed by atoms with E-state index in [1.165, 1.54) is 0 Å². The maximum absolute atomic E-state index is 12.1. The molecule has 0 spiro atoms. The summed E-state index contributed by atoms with van der Waals surface area (Å²) in [6.07, 6.45) is -11.7. The van der Waals surface area contributed by atoms with Gasteiger partial charge in [-0.15, -0.1) is 0 Å². The molecule has 0 aromatic heterocycles. The number of carbonyl (C=O) groups is 1. The van der Waals surface area contributed by atoms with Gasteiger partial charge in [0.15, 0.2) is 6.17 Å². The van der Waals surface area contributed by atoms with Gasteiger partial charge in [0.25, 0.3) is 0 Å². The average Bonchev–Trinajstić information content (AvgIpc) is 1.82. The van der Waals surface area contributed by atoms with Gasteiger partial charge in [-0.2, -0.15) is 22.0 Å². The standard InChI is InChI=1S/C5H4F6O2/c6-2(1-3(12)13)4(7,8)5(9,10)11/h2H,1H2,(H,12,13). The van der Waals surface area contributed by atoms with E-state index in [1.807, 2.05) is 0 Å². The Morgan fingerprint density at radius 3 is 1.85 bits per heavy atom. The summed E-state index contributed by atoms with van der Waals surface area (Å²) in [6.45, 7) is 0. The van der Waals surface area contributed by atoms with Crippen LogP contribution in [0.25, 0.3) is 0 Å². The Morgan fingerprint density at radius 1 is 1.23 bits per heavy atom. The fourth-order valence-electron chi connectivity index (χ4n) is 0.459. The number of halogens is 6. The van der Waals surface area contributed by atoms with E-state index in [0.717, 1.165) is 0 Å². The van der Waals surface area contributed by atoms with Crippen LogP contribution in [-0.4, -0.2) is 29.3 Å². The Morgan fingerprint density at radius 2 is 1.62 bits per heavy atom. The summed E-state index contributed by atoms with van der Waals surface area (Å²) in [5.41, 5.74) is 0. The molecular weight excluding hydrogens is 206 g/mol. The number of carboxylic acids is 1.